The number of benzene rings is 4. The van der Waals surface area contributed by atoms with Crippen LogP contribution in [-0.2, 0) is 11.4 Å². The molecule has 0 aliphatic carbocycles. The van der Waals surface area contributed by atoms with E-state index in [4.69, 9.17) is 21.1 Å². The monoisotopic (exact) mass is 592 g/mol. The lowest BCUT2D eigenvalue weighted by Gasteiger charge is -2.14. The normalized spacial score (nSPS) is 15.4. The molecule has 1 saturated heterocycles. The number of nitrogens with zero attached hydrogens (tertiary/aromatic N) is 1. The Morgan fingerprint density at radius 1 is 1.05 bits per heavy atom. The topological polar surface area (TPSA) is 59.9 Å². The first kappa shape index (κ1) is 25.4. The molecule has 1 heterocycles. The summed E-state index contributed by atoms with van der Waals surface area (Å²) >= 11 is 11.1. The molecule has 1 aliphatic rings. The van der Waals surface area contributed by atoms with E-state index >= 15 is 0 Å². The average Bonchev–Trinajstić information content (AvgIpc) is 3.23. The van der Waals surface area contributed by atoms with Crippen LogP contribution >= 0.6 is 39.3 Å². The third kappa shape index (κ3) is 5.69. The van der Waals surface area contributed by atoms with Crippen LogP contribution in [0.3, 0.4) is 0 Å². The molecule has 0 unspecified atom stereocenters. The van der Waals surface area contributed by atoms with E-state index in [-0.39, 0.29) is 5.91 Å². The van der Waals surface area contributed by atoms with Gasteiger partial charge in [-0.2, -0.15) is 0 Å². The van der Waals surface area contributed by atoms with Crippen LogP contribution in [0.2, 0.25) is 5.02 Å². The van der Waals surface area contributed by atoms with Crippen molar-refractivity contribution in [1.29, 1.82) is 0 Å². The molecule has 0 saturated carbocycles. The maximum Gasteiger partial charge on any atom is 0.264 e. The molecule has 5 nitrogen and oxygen atoms in total. The SMILES string of the molecule is COc1cc(/C=C2/SC(=Nc3cccc(Cl)c3C)NC2=O)cc(Br)c1OCc1ccc2ccccc2c1. The number of nitrogens with one attached hydrogen (secondary N) is 1. The lowest BCUT2D eigenvalue weighted by molar-refractivity contribution is -0.115. The van der Waals surface area contributed by atoms with Crippen molar-refractivity contribution < 1.29 is 14.3 Å². The van der Waals surface area contributed by atoms with E-state index in [1.54, 1.807) is 13.2 Å². The number of thioether (sulfide) groups is 1. The fourth-order valence-corrected chi connectivity index (χ4v) is 5.48. The van der Waals surface area contributed by atoms with E-state index in [0.717, 1.165) is 26.5 Å². The van der Waals surface area contributed by atoms with Crippen LogP contribution in [0.15, 0.2) is 87.2 Å². The number of halogens is 2. The first-order valence-corrected chi connectivity index (χ1v) is 13.4. The second-order valence-electron chi connectivity index (χ2n) is 8.37. The lowest BCUT2D eigenvalue weighted by atomic mass is 10.1. The predicted octanol–water partition coefficient (Wildman–Crippen LogP) is 8.04. The van der Waals surface area contributed by atoms with E-state index in [9.17, 15) is 4.79 Å². The second kappa shape index (κ2) is 11.0. The molecule has 0 aromatic heterocycles. The molecule has 0 bridgehead atoms. The van der Waals surface area contributed by atoms with Crippen molar-refractivity contribution in [3.63, 3.8) is 0 Å². The highest BCUT2D eigenvalue weighted by atomic mass is 79.9. The summed E-state index contributed by atoms with van der Waals surface area (Å²) in [6.45, 7) is 2.29. The highest BCUT2D eigenvalue weighted by Gasteiger charge is 2.24. The van der Waals surface area contributed by atoms with Crippen LogP contribution in [-0.4, -0.2) is 18.2 Å². The Morgan fingerprint density at radius 2 is 1.86 bits per heavy atom. The zero-order chi connectivity index (χ0) is 25.9. The summed E-state index contributed by atoms with van der Waals surface area (Å²) in [5.41, 5.74) is 3.42. The standard InChI is InChI=1S/C29H22BrClN2O3S/c1-17-23(31)8-5-9-24(17)32-29-33-28(34)26(37-29)15-19-13-22(30)27(25(14-19)35-2)36-16-18-10-11-20-6-3-4-7-21(20)12-18/h3-15H,16H2,1-2H3,(H,32,33,34)/b26-15+. The van der Waals surface area contributed by atoms with Crippen LogP contribution in [0, 0.1) is 6.92 Å². The van der Waals surface area contributed by atoms with Crippen molar-refractivity contribution >= 4 is 72.9 Å². The molecule has 4 aromatic rings. The number of amidine groups is 1. The summed E-state index contributed by atoms with van der Waals surface area (Å²) in [5, 5.41) is 6.31. The Morgan fingerprint density at radius 3 is 2.68 bits per heavy atom. The predicted molar refractivity (Wildman–Crippen MR) is 156 cm³/mol. The number of hydrogen-bond donors (Lipinski definition) is 1. The molecule has 5 rings (SSSR count). The third-order valence-corrected chi connectivity index (χ3v) is 7.77. The molecule has 0 radical (unpaired) electrons. The molecule has 1 aliphatic heterocycles. The van der Waals surface area contributed by atoms with Crippen LogP contribution in [0.25, 0.3) is 16.8 Å². The van der Waals surface area contributed by atoms with E-state index in [2.05, 4.69) is 56.6 Å². The number of carbonyl (C=O) groups excluding carboxylic acids is 1. The van der Waals surface area contributed by atoms with Crippen LogP contribution < -0.4 is 14.8 Å². The van der Waals surface area contributed by atoms with E-state index in [1.807, 2.05) is 49.4 Å². The quantitative estimate of drug-likeness (QED) is 0.230. The molecule has 37 heavy (non-hydrogen) atoms. The zero-order valence-corrected chi connectivity index (χ0v) is 23.2. The highest BCUT2D eigenvalue weighted by Crippen LogP contribution is 2.39. The lowest BCUT2D eigenvalue weighted by Crippen LogP contribution is -2.19. The number of aliphatic imine (C=N–C) groups is 1. The molecule has 0 spiro atoms. The largest absolute Gasteiger partial charge is 0.493 e. The third-order valence-electron chi connectivity index (χ3n) is 5.86. The molecule has 186 valence electrons. The van der Waals surface area contributed by atoms with Gasteiger partial charge in [-0.25, -0.2) is 4.99 Å². The molecular weight excluding hydrogens is 572 g/mol. The Bertz CT molecular complexity index is 1590. The van der Waals surface area contributed by atoms with Gasteiger partial charge in [-0.15, -0.1) is 0 Å². The molecule has 1 amide bonds. The number of rotatable bonds is 6. The maximum atomic E-state index is 12.6. The number of amides is 1. The van der Waals surface area contributed by atoms with Crippen molar-refractivity contribution in [1.82, 2.24) is 5.32 Å². The maximum absolute atomic E-state index is 12.6. The second-order valence-corrected chi connectivity index (χ2v) is 10.7. The van der Waals surface area contributed by atoms with Gasteiger partial charge >= 0.3 is 0 Å². The fourth-order valence-electron chi connectivity index (χ4n) is 3.91. The van der Waals surface area contributed by atoms with Gasteiger partial charge in [0.05, 0.1) is 22.2 Å². The molecule has 8 heteroatoms. The van der Waals surface area contributed by atoms with E-state index in [1.165, 1.54) is 17.1 Å². The Hall–Kier alpha value is -3.26. The number of fused-ring (bicyclic) bond motifs is 1. The summed E-state index contributed by atoms with van der Waals surface area (Å²) in [4.78, 5) is 17.7. The molecule has 1 fully saturated rings. The Labute approximate surface area is 232 Å². The van der Waals surface area contributed by atoms with Gasteiger partial charge in [0.1, 0.15) is 6.61 Å². The van der Waals surface area contributed by atoms with Crippen LogP contribution in [0.1, 0.15) is 16.7 Å². The van der Waals surface area contributed by atoms with Crippen LogP contribution in [0.5, 0.6) is 11.5 Å². The number of carbonyl (C=O) groups is 1. The van der Waals surface area contributed by atoms with Gasteiger partial charge in [-0.1, -0.05) is 54.1 Å². The summed E-state index contributed by atoms with van der Waals surface area (Å²) in [6.07, 6.45) is 1.80. The summed E-state index contributed by atoms with van der Waals surface area (Å²) in [7, 11) is 1.59. The van der Waals surface area contributed by atoms with Gasteiger partial charge in [0.2, 0.25) is 0 Å². The minimum atomic E-state index is -0.213. The molecular formula is C29H22BrClN2O3S. The van der Waals surface area contributed by atoms with Crippen molar-refractivity contribution in [2.45, 2.75) is 13.5 Å². The Balaban J connectivity index is 1.35. The number of methoxy groups -OCH3 is 1. The first-order chi connectivity index (χ1) is 17.9. The molecule has 4 aromatic carbocycles. The van der Waals surface area contributed by atoms with Crippen molar-refractivity contribution in [3.8, 4) is 11.5 Å². The smallest absolute Gasteiger partial charge is 0.264 e. The molecule has 0 atom stereocenters. The highest BCUT2D eigenvalue weighted by molar-refractivity contribution is 9.10. The summed E-state index contributed by atoms with van der Waals surface area (Å²) in [6, 6.07) is 23.7. The average molecular weight is 594 g/mol. The van der Waals surface area contributed by atoms with Gasteiger partial charge in [0.25, 0.3) is 5.91 Å². The van der Waals surface area contributed by atoms with Gasteiger partial charge in [-0.3, -0.25) is 4.79 Å². The minimum absolute atomic E-state index is 0.213. The van der Waals surface area contributed by atoms with Gasteiger partial charge in [-0.05, 0) is 98.5 Å². The summed E-state index contributed by atoms with van der Waals surface area (Å²) < 4.78 is 12.5. The first-order valence-electron chi connectivity index (χ1n) is 11.4. The van der Waals surface area contributed by atoms with Gasteiger partial charge < -0.3 is 14.8 Å². The van der Waals surface area contributed by atoms with Crippen molar-refractivity contribution in [2.24, 2.45) is 4.99 Å². The number of hydrogen-bond acceptors (Lipinski definition) is 5. The zero-order valence-electron chi connectivity index (χ0n) is 20.0. The van der Waals surface area contributed by atoms with Gasteiger partial charge in [0.15, 0.2) is 16.7 Å². The van der Waals surface area contributed by atoms with Crippen molar-refractivity contribution in [2.75, 3.05) is 7.11 Å². The van der Waals surface area contributed by atoms with E-state index in [0.29, 0.717) is 38.9 Å². The Kier molecular flexibility index (Phi) is 7.55. The van der Waals surface area contributed by atoms with E-state index < -0.39 is 0 Å². The molecule has 1 N–H and O–H groups in total. The van der Waals surface area contributed by atoms with Gasteiger partial charge in [0, 0.05) is 5.02 Å². The number of ether oxygens (including phenoxy) is 2. The minimum Gasteiger partial charge on any atom is -0.493 e. The fraction of sp³-hybridized carbons (Fsp3) is 0.103. The van der Waals surface area contributed by atoms with Crippen molar-refractivity contribution in [3.05, 3.63) is 104 Å². The van der Waals surface area contributed by atoms with Crippen LogP contribution in [0.4, 0.5) is 5.69 Å². The summed E-state index contributed by atoms with van der Waals surface area (Å²) in [5.74, 6) is 0.948.